The van der Waals surface area contributed by atoms with Crippen LogP contribution in [0.15, 0.2) is 48.5 Å². The van der Waals surface area contributed by atoms with E-state index >= 15 is 0 Å². The monoisotopic (exact) mass is 302 g/mol. The van der Waals surface area contributed by atoms with Gasteiger partial charge in [0.15, 0.2) is 0 Å². The van der Waals surface area contributed by atoms with Crippen LogP contribution in [0.25, 0.3) is 0 Å². The summed E-state index contributed by atoms with van der Waals surface area (Å²) in [5.74, 6) is -6.41. The van der Waals surface area contributed by atoms with Gasteiger partial charge in [0.25, 0.3) is 5.79 Å². The molecule has 0 fully saturated rings. The van der Waals surface area contributed by atoms with Gasteiger partial charge in [-0.15, -0.1) is 0 Å². The summed E-state index contributed by atoms with van der Waals surface area (Å²) in [7, 11) is 1.42. The molecule has 1 unspecified atom stereocenters. The maximum absolute atomic E-state index is 12.4. The van der Waals surface area contributed by atoms with E-state index in [9.17, 15) is 20.1 Å². The van der Waals surface area contributed by atoms with Gasteiger partial charge in [0.05, 0.1) is 12.7 Å². The third kappa shape index (κ3) is 1.89. The number of methoxy groups -OCH3 is 1. The molecule has 0 aromatic heterocycles. The van der Waals surface area contributed by atoms with Gasteiger partial charge in [-0.25, -0.2) is 0 Å². The second kappa shape index (κ2) is 4.81. The van der Waals surface area contributed by atoms with Crippen molar-refractivity contribution in [3.63, 3.8) is 0 Å². The first-order valence-corrected chi connectivity index (χ1v) is 6.54. The standard InChI is InChI=1S/C16H14O6/c1-21-11-7-8-13-12(9-11)14(17)15(18,19)16(20,22-13)10-5-3-2-4-6-10/h2-9,18-20H,1H3. The van der Waals surface area contributed by atoms with Crippen LogP contribution in [0.1, 0.15) is 15.9 Å². The van der Waals surface area contributed by atoms with Gasteiger partial charge in [0, 0.05) is 5.56 Å². The molecule has 0 aliphatic carbocycles. The molecule has 1 aliphatic rings. The van der Waals surface area contributed by atoms with Gasteiger partial charge in [0.1, 0.15) is 11.5 Å². The molecule has 3 rings (SSSR count). The fraction of sp³-hybridized carbons (Fsp3) is 0.188. The van der Waals surface area contributed by atoms with Crippen LogP contribution in [-0.2, 0) is 5.79 Å². The highest BCUT2D eigenvalue weighted by Gasteiger charge is 2.61. The number of benzene rings is 2. The number of hydrogen-bond acceptors (Lipinski definition) is 6. The summed E-state index contributed by atoms with van der Waals surface area (Å²) in [6, 6.07) is 12.0. The number of rotatable bonds is 2. The summed E-state index contributed by atoms with van der Waals surface area (Å²) in [5.41, 5.74) is -0.0280. The van der Waals surface area contributed by atoms with Crippen molar-refractivity contribution >= 4 is 5.78 Å². The maximum atomic E-state index is 12.4. The van der Waals surface area contributed by atoms with E-state index in [4.69, 9.17) is 9.47 Å². The quantitative estimate of drug-likeness (QED) is 0.710. The Labute approximate surface area is 126 Å². The summed E-state index contributed by atoms with van der Waals surface area (Å²) < 4.78 is 10.4. The van der Waals surface area contributed by atoms with Crippen LogP contribution in [0.3, 0.4) is 0 Å². The highest BCUT2D eigenvalue weighted by Crippen LogP contribution is 2.43. The Morgan fingerprint density at radius 3 is 2.36 bits per heavy atom. The molecular weight excluding hydrogens is 288 g/mol. The topological polar surface area (TPSA) is 96.2 Å². The molecule has 3 N–H and O–H groups in total. The third-order valence-electron chi connectivity index (χ3n) is 3.64. The molecule has 0 saturated heterocycles. The van der Waals surface area contributed by atoms with Crippen molar-refractivity contribution in [3.8, 4) is 11.5 Å². The van der Waals surface area contributed by atoms with E-state index in [1.165, 1.54) is 31.4 Å². The van der Waals surface area contributed by atoms with Gasteiger partial charge in [0.2, 0.25) is 5.78 Å². The number of ether oxygens (including phenoxy) is 2. The van der Waals surface area contributed by atoms with Crippen molar-refractivity contribution in [2.24, 2.45) is 0 Å². The Kier molecular flexibility index (Phi) is 3.17. The molecule has 6 heteroatoms. The Morgan fingerprint density at radius 1 is 1.05 bits per heavy atom. The van der Waals surface area contributed by atoms with Crippen LogP contribution in [0.4, 0.5) is 0 Å². The number of carbonyl (C=O) groups is 1. The average molecular weight is 302 g/mol. The van der Waals surface area contributed by atoms with Gasteiger partial charge in [-0.05, 0) is 18.2 Å². The van der Waals surface area contributed by atoms with Crippen molar-refractivity contribution in [2.75, 3.05) is 7.11 Å². The van der Waals surface area contributed by atoms with E-state index < -0.39 is 17.4 Å². The van der Waals surface area contributed by atoms with Gasteiger partial charge >= 0.3 is 5.79 Å². The lowest BCUT2D eigenvalue weighted by molar-refractivity contribution is -0.328. The molecule has 0 saturated carbocycles. The summed E-state index contributed by atoms with van der Waals surface area (Å²) in [5, 5.41) is 31.1. The molecule has 22 heavy (non-hydrogen) atoms. The minimum atomic E-state index is -3.13. The first-order chi connectivity index (χ1) is 10.4. The highest BCUT2D eigenvalue weighted by molar-refractivity contribution is 6.05. The SMILES string of the molecule is COc1ccc2c(c1)C(=O)C(O)(O)C(O)(c1ccccc1)O2. The van der Waals surface area contributed by atoms with Crippen LogP contribution in [0.2, 0.25) is 0 Å². The molecule has 1 atom stereocenters. The van der Waals surface area contributed by atoms with Crippen molar-refractivity contribution in [3.05, 3.63) is 59.7 Å². The lowest BCUT2D eigenvalue weighted by Crippen LogP contribution is -2.62. The fourth-order valence-electron chi connectivity index (χ4n) is 2.40. The van der Waals surface area contributed by atoms with Crippen LogP contribution in [0, 0.1) is 0 Å². The number of hydrogen-bond donors (Lipinski definition) is 3. The predicted octanol–water partition coefficient (Wildman–Crippen LogP) is 0.796. The third-order valence-corrected chi connectivity index (χ3v) is 3.64. The smallest absolute Gasteiger partial charge is 0.301 e. The van der Waals surface area contributed by atoms with E-state index in [0.717, 1.165) is 0 Å². The molecule has 114 valence electrons. The van der Waals surface area contributed by atoms with Gasteiger partial charge in [-0.2, -0.15) is 0 Å². The Bertz CT molecular complexity index is 725. The Hall–Kier alpha value is -2.41. The van der Waals surface area contributed by atoms with E-state index in [1.54, 1.807) is 24.3 Å². The van der Waals surface area contributed by atoms with Crippen molar-refractivity contribution in [2.45, 2.75) is 11.6 Å². The maximum Gasteiger partial charge on any atom is 0.301 e. The second-order valence-electron chi connectivity index (χ2n) is 4.98. The number of fused-ring (bicyclic) bond motifs is 1. The van der Waals surface area contributed by atoms with Gasteiger partial charge in [-0.1, -0.05) is 30.3 Å². The number of carbonyl (C=O) groups excluding carboxylic acids is 1. The molecule has 0 amide bonds. The van der Waals surface area contributed by atoms with E-state index in [2.05, 4.69) is 0 Å². The van der Waals surface area contributed by atoms with Gasteiger partial charge < -0.3 is 24.8 Å². The van der Waals surface area contributed by atoms with Gasteiger partial charge in [-0.3, -0.25) is 4.79 Å². The molecule has 2 aromatic carbocycles. The number of aliphatic hydroxyl groups is 3. The molecule has 0 radical (unpaired) electrons. The predicted molar refractivity (Wildman–Crippen MR) is 75.5 cm³/mol. The number of ketones is 1. The summed E-state index contributed by atoms with van der Waals surface area (Å²) in [4.78, 5) is 12.4. The zero-order valence-electron chi connectivity index (χ0n) is 11.7. The lowest BCUT2D eigenvalue weighted by Gasteiger charge is -2.42. The molecule has 6 nitrogen and oxygen atoms in total. The molecular formula is C16H14O6. The lowest BCUT2D eigenvalue weighted by atomic mass is 9.87. The normalized spacial score (nSPS) is 22.6. The van der Waals surface area contributed by atoms with Crippen LogP contribution in [-0.4, -0.2) is 34.0 Å². The average Bonchev–Trinajstić information content (AvgIpc) is 2.54. The minimum Gasteiger partial charge on any atom is -0.497 e. The zero-order chi connectivity index (χ0) is 16.0. The van der Waals surface area contributed by atoms with Crippen molar-refractivity contribution < 1.29 is 29.6 Å². The second-order valence-corrected chi connectivity index (χ2v) is 4.98. The first kappa shape index (κ1) is 14.5. The van der Waals surface area contributed by atoms with E-state index in [0.29, 0.717) is 5.75 Å². The van der Waals surface area contributed by atoms with Crippen LogP contribution in [0.5, 0.6) is 11.5 Å². The van der Waals surface area contributed by atoms with Crippen LogP contribution >= 0.6 is 0 Å². The summed E-state index contributed by atoms with van der Waals surface area (Å²) in [6.45, 7) is 0. The van der Waals surface area contributed by atoms with Crippen molar-refractivity contribution in [1.82, 2.24) is 0 Å². The molecule has 2 aromatic rings. The molecule has 1 heterocycles. The van der Waals surface area contributed by atoms with Crippen molar-refractivity contribution in [1.29, 1.82) is 0 Å². The van der Waals surface area contributed by atoms with E-state index in [-0.39, 0.29) is 16.9 Å². The first-order valence-electron chi connectivity index (χ1n) is 6.54. The zero-order valence-corrected chi connectivity index (χ0v) is 11.7. The minimum absolute atomic E-state index is 0.0379. The van der Waals surface area contributed by atoms with Crippen LogP contribution < -0.4 is 9.47 Å². The fourth-order valence-corrected chi connectivity index (χ4v) is 2.40. The number of Topliss-reactive ketones (excluding diaryl/α,β-unsaturated/α-hetero) is 1. The Balaban J connectivity index is 2.18. The summed E-state index contributed by atoms with van der Waals surface area (Å²) >= 11 is 0. The molecule has 0 spiro atoms. The molecule has 0 bridgehead atoms. The van der Waals surface area contributed by atoms with E-state index in [1.807, 2.05) is 0 Å². The largest absolute Gasteiger partial charge is 0.497 e. The molecule has 1 aliphatic heterocycles. The summed E-state index contributed by atoms with van der Waals surface area (Å²) in [6.07, 6.45) is 0. The Morgan fingerprint density at radius 2 is 1.73 bits per heavy atom. The highest BCUT2D eigenvalue weighted by atomic mass is 16.7.